The van der Waals surface area contributed by atoms with E-state index in [9.17, 15) is 14.4 Å². The minimum absolute atomic E-state index is 0.192. The van der Waals surface area contributed by atoms with Gasteiger partial charge in [-0.1, -0.05) is 61.3 Å². The minimum atomic E-state index is -0.851. The number of rotatable bonds is 5. The van der Waals surface area contributed by atoms with Crippen LogP contribution >= 0.6 is 23.2 Å². The van der Waals surface area contributed by atoms with E-state index in [1.165, 1.54) is 17.0 Å². The fourth-order valence-corrected chi connectivity index (χ4v) is 4.09. The highest BCUT2D eigenvalue weighted by molar-refractivity contribution is 6.36. The lowest BCUT2D eigenvalue weighted by Crippen LogP contribution is -2.58. The first kappa shape index (κ1) is 22.1. The van der Waals surface area contributed by atoms with Crippen molar-refractivity contribution in [2.75, 3.05) is 0 Å². The van der Waals surface area contributed by atoms with E-state index in [1.54, 1.807) is 6.07 Å². The molecule has 2 atom stereocenters. The molecule has 0 bridgehead atoms. The molecule has 2 aromatic rings. The molecule has 6 nitrogen and oxygen atoms in total. The number of nitrogens with zero attached hydrogens (tertiary/aromatic N) is 1. The average molecular weight is 448 g/mol. The summed E-state index contributed by atoms with van der Waals surface area (Å²) < 4.78 is 0. The molecule has 2 aromatic carbocycles. The van der Waals surface area contributed by atoms with Gasteiger partial charge in [0.15, 0.2) is 0 Å². The molecule has 30 heavy (non-hydrogen) atoms. The Bertz CT molecular complexity index is 993. The Morgan fingerprint density at radius 3 is 2.37 bits per heavy atom. The maximum Gasteiger partial charge on any atom is 0.253 e. The molecular weight excluding hydrogens is 425 g/mol. The van der Waals surface area contributed by atoms with E-state index < -0.39 is 23.9 Å². The van der Waals surface area contributed by atoms with E-state index in [0.29, 0.717) is 11.4 Å². The van der Waals surface area contributed by atoms with Crippen molar-refractivity contribution in [2.24, 2.45) is 11.7 Å². The number of amides is 3. The molecule has 0 saturated heterocycles. The Hall–Kier alpha value is -2.57. The Kier molecular flexibility index (Phi) is 6.68. The highest BCUT2D eigenvalue weighted by Crippen LogP contribution is 2.26. The molecular formula is C22H23Cl2N3O3. The lowest BCUT2D eigenvalue weighted by atomic mass is 9.91. The van der Waals surface area contributed by atoms with Crippen LogP contribution in [0.15, 0.2) is 42.5 Å². The standard InChI is InChI=1S/C22H23Cl2N3O3/c1-12(2)19(26-21(29)16-8-7-15(23)10-17(16)24)22(30)27-11-14-6-4-3-5-13(14)9-18(27)20(25)28/h3-8,10,12,18-19H,9,11H2,1-2H3,(H2,25,28)(H,26,29)/t18-,19+/m0/s1. The molecule has 0 spiro atoms. The summed E-state index contributed by atoms with van der Waals surface area (Å²) in [6.07, 6.45) is 0.346. The van der Waals surface area contributed by atoms with Gasteiger partial charge in [0.1, 0.15) is 12.1 Å². The number of fused-ring (bicyclic) bond motifs is 1. The summed E-state index contributed by atoms with van der Waals surface area (Å²) in [6, 6.07) is 10.5. The van der Waals surface area contributed by atoms with Gasteiger partial charge < -0.3 is 16.0 Å². The van der Waals surface area contributed by atoms with Crippen LogP contribution in [0.3, 0.4) is 0 Å². The molecule has 0 unspecified atom stereocenters. The second-order valence-corrected chi connectivity index (χ2v) is 8.52. The van der Waals surface area contributed by atoms with Gasteiger partial charge >= 0.3 is 0 Å². The molecule has 158 valence electrons. The Labute approximate surface area is 185 Å². The van der Waals surface area contributed by atoms with Crippen LogP contribution in [0.5, 0.6) is 0 Å². The fraction of sp³-hybridized carbons (Fsp3) is 0.318. The van der Waals surface area contributed by atoms with E-state index >= 15 is 0 Å². The lowest BCUT2D eigenvalue weighted by Gasteiger charge is -2.38. The van der Waals surface area contributed by atoms with Crippen LogP contribution in [0.4, 0.5) is 0 Å². The van der Waals surface area contributed by atoms with E-state index in [0.717, 1.165) is 11.1 Å². The normalized spacial score (nSPS) is 16.7. The molecule has 3 amide bonds. The van der Waals surface area contributed by atoms with Crippen molar-refractivity contribution >= 4 is 40.9 Å². The maximum atomic E-state index is 13.4. The van der Waals surface area contributed by atoms with Gasteiger partial charge in [-0.15, -0.1) is 0 Å². The molecule has 0 aromatic heterocycles. The number of hydrogen-bond acceptors (Lipinski definition) is 3. The fourth-order valence-electron chi connectivity index (χ4n) is 3.59. The Morgan fingerprint density at radius 1 is 1.10 bits per heavy atom. The van der Waals surface area contributed by atoms with Crippen molar-refractivity contribution in [3.05, 3.63) is 69.2 Å². The highest BCUT2D eigenvalue weighted by Gasteiger charge is 2.38. The van der Waals surface area contributed by atoms with Crippen molar-refractivity contribution < 1.29 is 14.4 Å². The zero-order valence-electron chi connectivity index (χ0n) is 16.7. The van der Waals surface area contributed by atoms with Crippen LogP contribution in [0.1, 0.15) is 35.3 Å². The average Bonchev–Trinajstić information content (AvgIpc) is 2.70. The number of halogens is 2. The third-order valence-electron chi connectivity index (χ3n) is 5.26. The van der Waals surface area contributed by atoms with E-state index in [1.807, 2.05) is 38.1 Å². The van der Waals surface area contributed by atoms with Crippen molar-refractivity contribution in [3.8, 4) is 0 Å². The molecule has 1 heterocycles. The molecule has 1 aliphatic heterocycles. The van der Waals surface area contributed by atoms with E-state index in [-0.39, 0.29) is 29.0 Å². The van der Waals surface area contributed by atoms with Gasteiger partial charge in [0.25, 0.3) is 5.91 Å². The number of primary amides is 1. The number of benzene rings is 2. The summed E-state index contributed by atoms with van der Waals surface area (Å²) in [5, 5.41) is 3.36. The molecule has 0 aliphatic carbocycles. The quantitative estimate of drug-likeness (QED) is 0.736. The Balaban J connectivity index is 1.87. The molecule has 3 rings (SSSR count). The van der Waals surface area contributed by atoms with Gasteiger partial charge in [0, 0.05) is 18.0 Å². The monoisotopic (exact) mass is 447 g/mol. The van der Waals surface area contributed by atoms with Crippen LogP contribution in [0.2, 0.25) is 10.0 Å². The number of hydrogen-bond donors (Lipinski definition) is 2. The molecule has 1 aliphatic rings. The maximum absolute atomic E-state index is 13.4. The predicted octanol–water partition coefficient (Wildman–Crippen LogP) is 3.19. The number of carbonyl (C=O) groups excluding carboxylic acids is 3. The van der Waals surface area contributed by atoms with Crippen LogP contribution in [0, 0.1) is 5.92 Å². The lowest BCUT2D eigenvalue weighted by molar-refractivity contribution is -0.143. The second kappa shape index (κ2) is 9.06. The summed E-state index contributed by atoms with van der Waals surface area (Å²) in [5.41, 5.74) is 7.77. The summed E-state index contributed by atoms with van der Waals surface area (Å²) in [6.45, 7) is 3.90. The van der Waals surface area contributed by atoms with Crippen molar-refractivity contribution in [2.45, 2.75) is 38.9 Å². The highest BCUT2D eigenvalue weighted by atomic mass is 35.5. The zero-order chi connectivity index (χ0) is 22.0. The topological polar surface area (TPSA) is 92.5 Å². The summed E-state index contributed by atoms with van der Waals surface area (Å²) in [7, 11) is 0. The van der Waals surface area contributed by atoms with Gasteiger partial charge in [-0.3, -0.25) is 14.4 Å². The van der Waals surface area contributed by atoms with Gasteiger partial charge in [0.05, 0.1) is 10.6 Å². The van der Waals surface area contributed by atoms with Crippen LogP contribution < -0.4 is 11.1 Å². The van der Waals surface area contributed by atoms with Gasteiger partial charge in [0.2, 0.25) is 11.8 Å². The number of nitrogens with one attached hydrogen (secondary N) is 1. The van der Waals surface area contributed by atoms with Crippen LogP contribution in [-0.4, -0.2) is 34.7 Å². The van der Waals surface area contributed by atoms with E-state index in [4.69, 9.17) is 28.9 Å². The predicted molar refractivity (Wildman–Crippen MR) is 116 cm³/mol. The third-order valence-corrected chi connectivity index (χ3v) is 5.80. The second-order valence-electron chi connectivity index (χ2n) is 7.68. The van der Waals surface area contributed by atoms with Gasteiger partial charge in [-0.25, -0.2) is 0 Å². The first-order valence-electron chi connectivity index (χ1n) is 9.61. The van der Waals surface area contributed by atoms with Gasteiger partial charge in [-0.2, -0.15) is 0 Å². The summed E-state index contributed by atoms with van der Waals surface area (Å²) >= 11 is 12.0. The van der Waals surface area contributed by atoms with Gasteiger partial charge in [-0.05, 0) is 35.2 Å². The van der Waals surface area contributed by atoms with Crippen LogP contribution in [0.25, 0.3) is 0 Å². The summed E-state index contributed by atoms with van der Waals surface area (Å²) in [5.74, 6) is -1.65. The first-order valence-corrected chi connectivity index (χ1v) is 10.4. The first-order chi connectivity index (χ1) is 14.2. The van der Waals surface area contributed by atoms with Crippen molar-refractivity contribution in [3.63, 3.8) is 0 Å². The molecule has 0 fully saturated rings. The molecule has 8 heteroatoms. The largest absolute Gasteiger partial charge is 0.368 e. The van der Waals surface area contributed by atoms with E-state index in [2.05, 4.69) is 5.32 Å². The Morgan fingerprint density at radius 2 is 1.77 bits per heavy atom. The molecule has 3 N–H and O–H groups in total. The molecule has 0 saturated carbocycles. The minimum Gasteiger partial charge on any atom is -0.368 e. The van der Waals surface area contributed by atoms with Crippen molar-refractivity contribution in [1.82, 2.24) is 10.2 Å². The number of carbonyl (C=O) groups is 3. The SMILES string of the molecule is CC(C)[C@@H](NC(=O)c1ccc(Cl)cc1Cl)C(=O)N1Cc2ccccc2C[C@H]1C(N)=O. The smallest absolute Gasteiger partial charge is 0.253 e. The van der Waals surface area contributed by atoms with Crippen molar-refractivity contribution in [1.29, 1.82) is 0 Å². The summed E-state index contributed by atoms with van der Waals surface area (Å²) in [4.78, 5) is 39.8. The van der Waals surface area contributed by atoms with Crippen LogP contribution in [-0.2, 0) is 22.6 Å². The third kappa shape index (κ3) is 4.60. The molecule has 0 radical (unpaired) electrons. The zero-order valence-corrected chi connectivity index (χ0v) is 18.2. The number of nitrogens with two attached hydrogens (primary N) is 1.